The summed E-state index contributed by atoms with van der Waals surface area (Å²) in [4.78, 5) is 6.10. The van der Waals surface area contributed by atoms with E-state index in [1.54, 1.807) is 0 Å². The minimum atomic E-state index is -1.04. The van der Waals surface area contributed by atoms with Crippen molar-refractivity contribution in [3.63, 3.8) is 0 Å². The first kappa shape index (κ1) is 13.8. The highest BCUT2D eigenvalue weighted by Gasteiger charge is 2.40. The molecule has 0 radical (unpaired) electrons. The maximum Gasteiger partial charge on any atom is 0.200 e. The van der Waals surface area contributed by atoms with Gasteiger partial charge in [0.15, 0.2) is 0 Å². The third-order valence-corrected chi connectivity index (χ3v) is 4.70. The maximum atomic E-state index is 6.26. The van der Waals surface area contributed by atoms with Crippen LogP contribution >= 0.6 is 34.8 Å². The van der Waals surface area contributed by atoms with Gasteiger partial charge in [-0.3, -0.25) is 9.80 Å². The Labute approximate surface area is 107 Å². The molecule has 90 valence electrons. The van der Waals surface area contributed by atoms with Crippen molar-refractivity contribution in [3.8, 4) is 0 Å². The summed E-state index contributed by atoms with van der Waals surface area (Å²) in [6, 6.07) is 0. The Morgan fingerprint density at radius 3 is 2.13 bits per heavy atom. The zero-order valence-electron chi connectivity index (χ0n) is 9.38. The van der Waals surface area contributed by atoms with E-state index in [1.165, 1.54) is 0 Å². The summed E-state index contributed by atoms with van der Waals surface area (Å²) in [6.07, 6.45) is 0. The molecule has 15 heavy (non-hydrogen) atoms. The zero-order chi connectivity index (χ0) is 11.6. The molecule has 0 aromatic heterocycles. The van der Waals surface area contributed by atoms with E-state index in [-0.39, 0.29) is 0 Å². The molecule has 1 atom stereocenters. The molecule has 0 N–H and O–H groups in total. The van der Waals surface area contributed by atoms with Gasteiger partial charge in [0.1, 0.15) is 5.50 Å². The van der Waals surface area contributed by atoms with E-state index in [0.29, 0.717) is 0 Å². The molecule has 0 bridgehead atoms. The lowest BCUT2D eigenvalue weighted by Crippen LogP contribution is -2.51. The molecule has 0 aliphatic carbocycles. The quantitative estimate of drug-likeness (QED) is 0.489. The molecule has 1 aliphatic heterocycles. The normalized spacial score (nSPS) is 32.0. The summed E-state index contributed by atoms with van der Waals surface area (Å²) in [6.45, 7) is 3.58. The predicted molar refractivity (Wildman–Crippen MR) is 66.8 cm³/mol. The fraction of sp³-hybridized carbons (Fsp3) is 1.00. The Morgan fingerprint density at radius 2 is 1.53 bits per heavy atom. The van der Waals surface area contributed by atoms with Crippen LogP contribution in [0.15, 0.2) is 0 Å². The molecule has 1 heterocycles. The van der Waals surface area contributed by atoms with E-state index < -0.39 is 9.96 Å². The zero-order valence-corrected chi connectivity index (χ0v) is 11.6. The minimum absolute atomic E-state index is 0.405. The second kappa shape index (κ2) is 5.39. The second-order valence-electron chi connectivity index (χ2n) is 4.13. The Morgan fingerprint density at radius 1 is 1.00 bits per heavy atom. The Bertz CT molecular complexity index is 213. The number of halogens is 3. The maximum absolute atomic E-state index is 6.26. The lowest BCUT2D eigenvalue weighted by molar-refractivity contribution is 0.197. The van der Waals surface area contributed by atoms with Gasteiger partial charge in [0.05, 0.1) is 0 Å². The van der Waals surface area contributed by atoms with Crippen LogP contribution in [0.4, 0.5) is 0 Å². The number of likely N-dealkylation sites (N-methyl/N-ethyl adjacent to an activating group) is 3. The van der Waals surface area contributed by atoms with E-state index in [2.05, 4.69) is 11.9 Å². The number of hydrogen-bond acceptors (Lipinski definition) is 3. The Balaban J connectivity index is 2.79. The lowest BCUT2D eigenvalue weighted by atomic mass is 10.4. The average Bonchev–Trinajstić information content (AvgIpc) is 2.21. The summed E-state index contributed by atoms with van der Waals surface area (Å²) in [7, 11) is 5.91. The molecule has 1 fully saturated rings. The van der Waals surface area contributed by atoms with Crippen LogP contribution in [0.5, 0.6) is 0 Å². The van der Waals surface area contributed by atoms with E-state index in [1.807, 2.05) is 23.9 Å². The first-order chi connectivity index (χ1) is 6.85. The van der Waals surface area contributed by atoms with Crippen LogP contribution in [0.3, 0.4) is 0 Å². The molecular formula is C9H18Cl3N3. The fourth-order valence-electron chi connectivity index (χ4n) is 1.47. The number of nitrogens with zero attached hydrogens (tertiary/aromatic N) is 3. The monoisotopic (exact) mass is 273 g/mol. The summed E-state index contributed by atoms with van der Waals surface area (Å²) in [5, 5.41) is 0. The average molecular weight is 275 g/mol. The molecule has 0 aromatic carbocycles. The van der Waals surface area contributed by atoms with Gasteiger partial charge in [0.25, 0.3) is 0 Å². The van der Waals surface area contributed by atoms with Crippen molar-refractivity contribution >= 4 is 34.8 Å². The van der Waals surface area contributed by atoms with Crippen LogP contribution in [0.25, 0.3) is 0 Å². The fourth-order valence-corrected chi connectivity index (χ4v) is 2.24. The van der Waals surface area contributed by atoms with Crippen molar-refractivity contribution in [2.24, 2.45) is 0 Å². The number of alkyl halides is 3. The van der Waals surface area contributed by atoms with Gasteiger partial charge in [-0.05, 0) is 21.1 Å². The molecule has 0 saturated carbocycles. The summed E-state index contributed by atoms with van der Waals surface area (Å²) in [5.41, 5.74) is -0.405. The van der Waals surface area contributed by atoms with Crippen molar-refractivity contribution in [2.45, 2.75) is 9.96 Å². The molecule has 1 unspecified atom stereocenters. The van der Waals surface area contributed by atoms with Crippen LogP contribution in [-0.4, -0.2) is 72.0 Å². The van der Waals surface area contributed by atoms with Crippen molar-refractivity contribution in [2.75, 3.05) is 47.3 Å². The first-order valence-corrected chi connectivity index (χ1v) is 6.17. The van der Waals surface area contributed by atoms with Crippen molar-refractivity contribution < 1.29 is 0 Å². The third kappa shape index (κ3) is 3.35. The molecule has 1 aliphatic rings. The summed E-state index contributed by atoms with van der Waals surface area (Å²) < 4.78 is -1.04. The van der Waals surface area contributed by atoms with Gasteiger partial charge in [0, 0.05) is 26.2 Å². The van der Waals surface area contributed by atoms with Gasteiger partial charge in [0.2, 0.25) is 4.46 Å². The van der Waals surface area contributed by atoms with E-state index in [0.717, 1.165) is 26.2 Å². The SMILES string of the molecule is CN1CCN(C)C(Cl)C(Cl)(Cl)N(C)CC1. The molecule has 0 aromatic rings. The highest BCUT2D eigenvalue weighted by Crippen LogP contribution is 2.34. The van der Waals surface area contributed by atoms with Crippen molar-refractivity contribution in [3.05, 3.63) is 0 Å². The molecule has 6 heteroatoms. The van der Waals surface area contributed by atoms with E-state index in [9.17, 15) is 0 Å². The smallest absolute Gasteiger partial charge is 0.200 e. The van der Waals surface area contributed by atoms with Crippen molar-refractivity contribution in [1.29, 1.82) is 0 Å². The minimum Gasteiger partial charge on any atom is -0.304 e. The van der Waals surface area contributed by atoms with Gasteiger partial charge in [-0.2, -0.15) is 0 Å². The molecule has 0 amide bonds. The van der Waals surface area contributed by atoms with Crippen LogP contribution in [-0.2, 0) is 0 Å². The van der Waals surface area contributed by atoms with Gasteiger partial charge >= 0.3 is 0 Å². The first-order valence-electron chi connectivity index (χ1n) is 4.97. The molecule has 0 spiro atoms. The highest BCUT2D eigenvalue weighted by atomic mass is 35.5. The molecule has 3 nitrogen and oxygen atoms in total. The molecule has 1 saturated heterocycles. The van der Waals surface area contributed by atoms with Gasteiger partial charge < -0.3 is 4.90 Å². The number of rotatable bonds is 0. The highest BCUT2D eigenvalue weighted by molar-refractivity contribution is 6.51. The van der Waals surface area contributed by atoms with Gasteiger partial charge in [-0.1, -0.05) is 23.2 Å². The van der Waals surface area contributed by atoms with E-state index >= 15 is 0 Å². The van der Waals surface area contributed by atoms with Crippen molar-refractivity contribution in [1.82, 2.24) is 14.7 Å². The predicted octanol–water partition coefficient (Wildman–Crippen LogP) is 1.49. The number of hydrogen-bond donors (Lipinski definition) is 0. The Hall–Kier alpha value is 0.750. The topological polar surface area (TPSA) is 9.72 Å². The van der Waals surface area contributed by atoms with E-state index in [4.69, 9.17) is 34.8 Å². The standard InChI is InChI=1S/C9H18Cl3N3/c1-13-4-6-14(2)8(10)9(11,12)15(3)7-5-13/h8H,4-7H2,1-3H3. The summed E-state index contributed by atoms with van der Waals surface area (Å²) >= 11 is 18.8. The molecular weight excluding hydrogens is 256 g/mol. The summed E-state index contributed by atoms with van der Waals surface area (Å²) in [5.74, 6) is 0. The van der Waals surface area contributed by atoms with Gasteiger partial charge in [-0.25, -0.2) is 0 Å². The van der Waals surface area contributed by atoms with Gasteiger partial charge in [-0.15, -0.1) is 11.6 Å². The molecule has 1 rings (SSSR count). The Kier molecular flexibility index (Phi) is 4.96. The van der Waals surface area contributed by atoms with Crippen LogP contribution in [0, 0.1) is 0 Å². The van der Waals surface area contributed by atoms with Crippen LogP contribution < -0.4 is 0 Å². The third-order valence-electron chi connectivity index (χ3n) is 2.83. The van der Waals surface area contributed by atoms with Crippen LogP contribution in [0.2, 0.25) is 0 Å². The largest absolute Gasteiger partial charge is 0.304 e. The second-order valence-corrected chi connectivity index (χ2v) is 5.89. The van der Waals surface area contributed by atoms with Crippen LogP contribution in [0.1, 0.15) is 0 Å². The lowest BCUT2D eigenvalue weighted by Gasteiger charge is -2.37.